The normalized spacial score (nSPS) is 20.0. The Morgan fingerprint density at radius 2 is 0.409 bits per heavy atom. The molecule has 2 saturated heterocycles. The average Bonchev–Trinajstić information content (AvgIpc) is 3.36. The highest BCUT2D eigenvalue weighted by atomic mass is 32.2. The molecule has 2 fully saturated rings. The zero-order chi connectivity index (χ0) is 44.1. The fraction of sp³-hybridized carbons (Fsp3) is 0.143. The maximum Gasteiger partial charge on any atom is 0.0438 e. The minimum absolute atomic E-state index is 0.516. The molecular weight excluding hydrogens is 917 g/mol. The molecule has 0 radical (unpaired) electrons. The Bertz CT molecular complexity index is 2380. The molecule has 0 unspecified atom stereocenters. The molecule has 10 heteroatoms. The zero-order valence-corrected chi connectivity index (χ0v) is 42.0. The zero-order valence-electron chi connectivity index (χ0n) is 36.8. The van der Waals surface area contributed by atoms with Crippen LogP contribution in [-0.4, -0.2) is 50.3 Å². The predicted octanol–water partition coefficient (Wildman–Crippen LogP) is 13.8. The van der Waals surface area contributed by atoms with Crippen LogP contribution < -0.4 is 40.8 Å². The first-order valence-electron chi connectivity index (χ1n) is 22.6. The summed E-state index contributed by atoms with van der Waals surface area (Å²) in [5.41, 5.74) is 5.27. The summed E-state index contributed by atoms with van der Waals surface area (Å²) in [4.78, 5) is 16.0. The van der Waals surface area contributed by atoms with Gasteiger partial charge in [0.05, 0.1) is 0 Å². The molecule has 0 amide bonds. The van der Waals surface area contributed by atoms with Crippen LogP contribution in [0.4, 0.5) is 22.7 Å². The van der Waals surface area contributed by atoms with E-state index in [4.69, 9.17) is 0 Å². The Morgan fingerprint density at radius 3 is 0.591 bits per heavy atom. The SMILES string of the molecule is c1ccc(P2CN3CP(c4ccccc4)CN(C2)c2ccc(cc2)Sc2ccc(cc2)N2CP(c4ccccc4)CN(CP(c4ccccc4)C2)c2ccc(cc2)Sc2ccc3cc2)cc1. The highest BCUT2D eigenvalue weighted by Crippen LogP contribution is 2.50. The van der Waals surface area contributed by atoms with Gasteiger partial charge in [0.1, 0.15) is 0 Å². The molecule has 0 aliphatic carbocycles. The molecule has 24 rings (SSSR count). The minimum Gasteiger partial charge on any atom is -0.363 e. The van der Waals surface area contributed by atoms with Gasteiger partial charge < -0.3 is 19.6 Å². The summed E-state index contributed by atoms with van der Waals surface area (Å²) in [6, 6.07) is 83.1. The fourth-order valence-corrected chi connectivity index (χ4v) is 20.7. The van der Waals surface area contributed by atoms with Crippen molar-refractivity contribution in [2.45, 2.75) is 19.6 Å². The third-order valence-electron chi connectivity index (χ3n) is 12.5. The van der Waals surface area contributed by atoms with Gasteiger partial charge >= 0.3 is 0 Å². The molecule has 0 spiro atoms. The first kappa shape index (κ1) is 43.9. The predicted molar refractivity (Wildman–Crippen MR) is 295 cm³/mol. The number of hydrogen-bond acceptors (Lipinski definition) is 6. The lowest BCUT2D eigenvalue weighted by Gasteiger charge is -2.41. The van der Waals surface area contributed by atoms with E-state index in [0.717, 1.165) is 50.3 Å². The number of rotatable bonds is 4. The van der Waals surface area contributed by atoms with Crippen LogP contribution in [0, 0.1) is 0 Å². The van der Waals surface area contributed by atoms with Crippen molar-refractivity contribution >= 4 is 99.2 Å². The van der Waals surface area contributed by atoms with Gasteiger partial charge in [0.15, 0.2) is 0 Å². The van der Waals surface area contributed by atoms with Crippen molar-refractivity contribution in [1.29, 1.82) is 0 Å². The van der Waals surface area contributed by atoms with Gasteiger partial charge in [-0.3, -0.25) is 0 Å². The van der Waals surface area contributed by atoms with E-state index in [0.29, 0.717) is 0 Å². The standard InChI is InChI=1S/C56H52N4P4S2/c1-5-13-49(14-6-1)61-37-57-39-62(50-15-7-2-8-16-50)40-58(38-61)46-23-31-54(32-24-46)66-56-35-27-48(28-36-56)60-42-63(51-17-9-3-10-18-51)41-59(43-64(44-60)52-19-11-4-12-20-52)47-25-33-55(34-26-47)65-53-29-21-45(57)22-30-53/h1-36H,37-44H2. The summed E-state index contributed by atoms with van der Waals surface area (Å²) in [6.07, 6.45) is 8.16. The Balaban J connectivity index is 0.984. The van der Waals surface area contributed by atoms with Crippen LogP contribution in [0.25, 0.3) is 0 Å². The molecule has 4 nitrogen and oxygen atoms in total. The Kier molecular flexibility index (Phi) is 13.8. The third-order valence-corrected chi connectivity index (χ3v) is 24.1. The summed E-state index contributed by atoms with van der Waals surface area (Å²) < 4.78 is 0. The Labute approximate surface area is 404 Å². The van der Waals surface area contributed by atoms with E-state index >= 15 is 0 Å². The van der Waals surface area contributed by atoms with Crippen LogP contribution >= 0.6 is 55.2 Å². The lowest BCUT2D eigenvalue weighted by Crippen LogP contribution is -2.38. The molecule has 0 aromatic heterocycles. The van der Waals surface area contributed by atoms with Crippen molar-refractivity contribution in [3.8, 4) is 0 Å². The lowest BCUT2D eigenvalue weighted by atomic mass is 10.3. The second kappa shape index (κ2) is 20.7. The van der Waals surface area contributed by atoms with E-state index in [1.807, 2.05) is 23.5 Å². The summed E-state index contributed by atoms with van der Waals surface area (Å²) >= 11 is 3.74. The van der Waals surface area contributed by atoms with Crippen LogP contribution in [0.2, 0.25) is 0 Å². The average molecular weight is 969 g/mol. The molecule has 0 atom stereocenters. The number of anilines is 4. The molecular formula is C56H52N4P4S2. The van der Waals surface area contributed by atoms with Crippen LogP contribution in [0.5, 0.6) is 0 Å². The molecule has 0 saturated carbocycles. The van der Waals surface area contributed by atoms with Gasteiger partial charge in [-0.15, -0.1) is 0 Å². The Morgan fingerprint density at radius 1 is 0.227 bits per heavy atom. The Hall–Kier alpha value is -4.62. The molecule has 0 N–H and O–H groups in total. The van der Waals surface area contributed by atoms with Crippen molar-refractivity contribution in [2.24, 2.45) is 0 Å². The van der Waals surface area contributed by atoms with Gasteiger partial charge in [0.2, 0.25) is 0 Å². The monoisotopic (exact) mass is 968 g/mol. The molecule has 8 aromatic carbocycles. The van der Waals surface area contributed by atoms with E-state index in [9.17, 15) is 0 Å². The minimum atomic E-state index is -0.516. The summed E-state index contributed by atoms with van der Waals surface area (Å²) in [5.74, 6) is 0. The molecule has 16 aliphatic rings. The molecule has 66 heavy (non-hydrogen) atoms. The van der Waals surface area contributed by atoms with E-state index in [1.54, 1.807) is 0 Å². The number of hydrogen-bond donors (Lipinski definition) is 0. The summed E-state index contributed by atoms with van der Waals surface area (Å²) in [5, 5.41) is 5.85. The summed E-state index contributed by atoms with van der Waals surface area (Å²) in [6.45, 7) is 0. The van der Waals surface area contributed by atoms with E-state index < -0.39 is 31.7 Å². The fourth-order valence-electron chi connectivity index (χ4n) is 9.04. The van der Waals surface area contributed by atoms with Crippen molar-refractivity contribution in [1.82, 2.24) is 0 Å². The van der Waals surface area contributed by atoms with Gasteiger partial charge in [-0.05, 0) is 150 Å². The van der Waals surface area contributed by atoms with Crippen LogP contribution in [0.3, 0.4) is 0 Å². The molecule has 16 heterocycles. The van der Waals surface area contributed by atoms with Crippen LogP contribution in [-0.2, 0) is 0 Å². The lowest BCUT2D eigenvalue weighted by molar-refractivity contribution is 0.982. The second-order valence-corrected chi connectivity index (χ2v) is 27.9. The highest BCUT2D eigenvalue weighted by molar-refractivity contribution is 7.99. The smallest absolute Gasteiger partial charge is 0.0438 e. The van der Waals surface area contributed by atoms with Crippen LogP contribution in [0.1, 0.15) is 0 Å². The molecule has 8 aromatic rings. The van der Waals surface area contributed by atoms with E-state index in [1.165, 1.54) is 63.5 Å². The second-order valence-electron chi connectivity index (χ2n) is 17.0. The van der Waals surface area contributed by atoms with Gasteiger partial charge in [0, 0.05) is 92.6 Å². The first-order chi connectivity index (χ1) is 32.6. The van der Waals surface area contributed by atoms with Crippen molar-refractivity contribution in [3.05, 3.63) is 218 Å². The quantitative estimate of drug-likeness (QED) is 0.162. The largest absolute Gasteiger partial charge is 0.363 e. The first-order valence-corrected chi connectivity index (χ1v) is 31.1. The van der Waals surface area contributed by atoms with Gasteiger partial charge in [0.25, 0.3) is 0 Å². The van der Waals surface area contributed by atoms with Crippen molar-refractivity contribution in [2.75, 3.05) is 69.9 Å². The van der Waals surface area contributed by atoms with Crippen LogP contribution in [0.15, 0.2) is 238 Å². The van der Waals surface area contributed by atoms with Gasteiger partial charge in [-0.25, -0.2) is 0 Å². The van der Waals surface area contributed by atoms with Gasteiger partial charge in [-0.1, -0.05) is 145 Å². The molecule has 12 bridgehead atoms. The maximum atomic E-state index is 2.72. The number of nitrogens with zero attached hydrogens (tertiary/aromatic N) is 4. The van der Waals surface area contributed by atoms with E-state index in [2.05, 4.69) is 238 Å². The third kappa shape index (κ3) is 10.4. The molecule has 16 aliphatic heterocycles. The topological polar surface area (TPSA) is 13.0 Å². The maximum absolute atomic E-state index is 2.72. The van der Waals surface area contributed by atoms with Crippen molar-refractivity contribution < 1.29 is 0 Å². The number of benzene rings is 8. The highest BCUT2D eigenvalue weighted by Gasteiger charge is 2.30. The van der Waals surface area contributed by atoms with Crippen molar-refractivity contribution in [3.63, 3.8) is 0 Å². The summed E-state index contributed by atoms with van der Waals surface area (Å²) in [7, 11) is -2.07. The molecule has 328 valence electrons. The van der Waals surface area contributed by atoms with E-state index in [-0.39, 0.29) is 0 Å². The van der Waals surface area contributed by atoms with Gasteiger partial charge in [-0.2, -0.15) is 0 Å².